The van der Waals surface area contributed by atoms with Crippen LogP contribution < -0.4 is 11.2 Å². The SMILES string of the molecule is CC(F)(F)c1ccc(C=NNc2nc(N)cs2)cc1. The van der Waals surface area contributed by atoms with Crippen molar-refractivity contribution < 1.29 is 8.78 Å². The van der Waals surface area contributed by atoms with Gasteiger partial charge in [0.2, 0.25) is 5.13 Å². The summed E-state index contributed by atoms with van der Waals surface area (Å²) in [4.78, 5) is 3.96. The Labute approximate surface area is 113 Å². The number of nitrogens with one attached hydrogen (secondary N) is 1. The minimum Gasteiger partial charge on any atom is -0.383 e. The largest absolute Gasteiger partial charge is 0.383 e. The Kier molecular flexibility index (Phi) is 3.75. The van der Waals surface area contributed by atoms with Gasteiger partial charge in [-0.15, -0.1) is 11.3 Å². The summed E-state index contributed by atoms with van der Waals surface area (Å²) in [7, 11) is 0. The van der Waals surface area contributed by atoms with Gasteiger partial charge in [-0.25, -0.2) is 13.8 Å². The fraction of sp³-hybridized carbons (Fsp3) is 0.167. The Morgan fingerprint density at radius 1 is 1.37 bits per heavy atom. The first-order valence-corrected chi connectivity index (χ1v) is 6.31. The summed E-state index contributed by atoms with van der Waals surface area (Å²) in [5.74, 6) is -2.40. The van der Waals surface area contributed by atoms with Gasteiger partial charge >= 0.3 is 0 Å². The van der Waals surface area contributed by atoms with Crippen LogP contribution in [0.15, 0.2) is 34.7 Å². The molecule has 1 aromatic heterocycles. The van der Waals surface area contributed by atoms with E-state index in [1.807, 2.05) is 0 Å². The number of alkyl halides is 2. The molecule has 0 atom stereocenters. The molecule has 0 saturated heterocycles. The average molecular weight is 282 g/mol. The van der Waals surface area contributed by atoms with E-state index in [0.29, 0.717) is 16.5 Å². The summed E-state index contributed by atoms with van der Waals surface area (Å²) in [5, 5.41) is 6.21. The van der Waals surface area contributed by atoms with E-state index < -0.39 is 5.92 Å². The van der Waals surface area contributed by atoms with Crippen molar-refractivity contribution in [3.8, 4) is 0 Å². The van der Waals surface area contributed by atoms with E-state index in [4.69, 9.17) is 5.73 Å². The molecule has 0 spiro atoms. The van der Waals surface area contributed by atoms with Crippen LogP contribution in [0.1, 0.15) is 18.1 Å². The van der Waals surface area contributed by atoms with Crippen molar-refractivity contribution in [2.75, 3.05) is 11.2 Å². The van der Waals surface area contributed by atoms with E-state index in [-0.39, 0.29) is 5.56 Å². The number of rotatable bonds is 4. The lowest BCUT2D eigenvalue weighted by Gasteiger charge is -2.09. The minimum absolute atomic E-state index is 0.0229. The Morgan fingerprint density at radius 3 is 2.58 bits per heavy atom. The number of benzene rings is 1. The molecule has 19 heavy (non-hydrogen) atoms. The summed E-state index contributed by atoms with van der Waals surface area (Å²) >= 11 is 1.33. The highest BCUT2D eigenvalue weighted by Gasteiger charge is 2.23. The smallest absolute Gasteiger partial charge is 0.270 e. The molecule has 0 aliphatic rings. The maximum atomic E-state index is 13.0. The van der Waals surface area contributed by atoms with Crippen LogP contribution in [0.4, 0.5) is 19.7 Å². The zero-order valence-corrected chi connectivity index (χ0v) is 10.9. The zero-order valence-electron chi connectivity index (χ0n) is 10.1. The fourth-order valence-corrected chi connectivity index (χ4v) is 1.91. The standard InChI is InChI=1S/C12H12F2N4S/c1-12(13,14)9-4-2-8(3-5-9)6-16-18-11-17-10(15)7-19-11/h2-7H,15H2,1H3,(H,17,18). The predicted octanol–water partition coefficient (Wildman–Crippen LogP) is 3.28. The Bertz CT molecular complexity index is 572. The lowest BCUT2D eigenvalue weighted by atomic mass is 10.1. The van der Waals surface area contributed by atoms with Crippen LogP contribution in [-0.4, -0.2) is 11.2 Å². The molecule has 0 radical (unpaired) electrons. The van der Waals surface area contributed by atoms with Crippen molar-refractivity contribution in [1.82, 2.24) is 4.98 Å². The number of aromatic nitrogens is 1. The number of hydrogen-bond donors (Lipinski definition) is 2. The van der Waals surface area contributed by atoms with Crippen molar-refractivity contribution in [2.24, 2.45) is 5.10 Å². The van der Waals surface area contributed by atoms with Crippen LogP contribution in [0, 0.1) is 0 Å². The summed E-state index contributed by atoms with van der Waals surface area (Å²) in [5.41, 5.74) is 8.85. The van der Waals surface area contributed by atoms with Crippen LogP contribution >= 0.6 is 11.3 Å². The van der Waals surface area contributed by atoms with Gasteiger partial charge in [0.25, 0.3) is 5.92 Å². The van der Waals surface area contributed by atoms with Gasteiger partial charge in [0.1, 0.15) is 5.82 Å². The van der Waals surface area contributed by atoms with Crippen molar-refractivity contribution in [3.05, 3.63) is 40.8 Å². The second-order valence-corrected chi connectivity index (χ2v) is 4.82. The van der Waals surface area contributed by atoms with E-state index in [9.17, 15) is 8.78 Å². The summed E-state index contributed by atoms with van der Waals surface area (Å²) in [6.45, 7) is 0.866. The first-order valence-electron chi connectivity index (χ1n) is 5.43. The van der Waals surface area contributed by atoms with Crippen LogP contribution in [0.3, 0.4) is 0 Å². The number of halogens is 2. The molecule has 1 heterocycles. The molecular weight excluding hydrogens is 270 g/mol. The second kappa shape index (κ2) is 5.31. The molecule has 0 unspecified atom stereocenters. The third kappa shape index (κ3) is 3.72. The Hall–Kier alpha value is -2.02. The molecule has 7 heteroatoms. The molecular formula is C12H12F2N4S. The topological polar surface area (TPSA) is 63.3 Å². The van der Waals surface area contributed by atoms with Gasteiger partial charge in [-0.2, -0.15) is 5.10 Å². The molecule has 0 fully saturated rings. The van der Waals surface area contributed by atoms with Gasteiger partial charge in [0.05, 0.1) is 6.21 Å². The first kappa shape index (κ1) is 13.4. The van der Waals surface area contributed by atoms with E-state index >= 15 is 0 Å². The normalized spacial score (nSPS) is 11.9. The predicted molar refractivity (Wildman–Crippen MR) is 73.8 cm³/mol. The third-order valence-electron chi connectivity index (χ3n) is 2.31. The highest BCUT2D eigenvalue weighted by Crippen LogP contribution is 2.26. The molecule has 0 aliphatic carbocycles. The number of nitrogens with zero attached hydrogens (tertiary/aromatic N) is 2. The monoisotopic (exact) mass is 282 g/mol. The Morgan fingerprint density at radius 2 is 2.05 bits per heavy atom. The highest BCUT2D eigenvalue weighted by molar-refractivity contribution is 7.14. The molecule has 0 amide bonds. The van der Waals surface area contributed by atoms with Crippen LogP contribution in [0.25, 0.3) is 0 Å². The average Bonchev–Trinajstić information content (AvgIpc) is 2.75. The quantitative estimate of drug-likeness (QED) is 0.668. The van der Waals surface area contributed by atoms with Crippen LogP contribution in [-0.2, 0) is 5.92 Å². The number of nitrogens with two attached hydrogens (primary N) is 1. The Balaban J connectivity index is 1.99. The zero-order chi connectivity index (χ0) is 13.9. The van der Waals surface area contributed by atoms with Gasteiger partial charge in [-0.05, 0) is 5.56 Å². The molecule has 100 valence electrons. The van der Waals surface area contributed by atoms with E-state index in [0.717, 1.165) is 6.92 Å². The van der Waals surface area contributed by atoms with Gasteiger partial charge in [-0.1, -0.05) is 24.3 Å². The summed E-state index contributed by atoms with van der Waals surface area (Å²) in [6, 6.07) is 5.91. The van der Waals surface area contributed by atoms with E-state index in [2.05, 4.69) is 15.5 Å². The molecule has 0 saturated carbocycles. The molecule has 1 aromatic carbocycles. The van der Waals surface area contributed by atoms with Crippen LogP contribution in [0.2, 0.25) is 0 Å². The van der Waals surface area contributed by atoms with Crippen molar-refractivity contribution in [1.29, 1.82) is 0 Å². The van der Waals surface area contributed by atoms with E-state index in [1.54, 1.807) is 17.5 Å². The molecule has 2 aromatic rings. The second-order valence-electron chi connectivity index (χ2n) is 3.96. The van der Waals surface area contributed by atoms with E-state index in [1.165, 1.54) is 29.7 Å². The van der Waals surface area contributed by atoms with Crippen molar-refractivity contribution in [3.63, 3.8) is 0 Å². The van der Waals surface area contributed by atoms with Crippen LogP contribution in [0.5, 0.6) is 0 Å². The summed E-state index contributed by atoms with van der Waals surface area (Å²) < 4.78 is 26.0. The number of nitrogen functional groups attached to an aromatic ring is 1. The van der Waals surface area contributed by atoms with Crippen molar-refractivity contribution >= 4 is 28.5 Å². The van der Waals surface area contributed by atoms with Gasteiger partial charge < -0.3 is 5.73 Å². The van der Waals surface area contributed by atoms with Crippen molar-refractivity contribution in [2.45, 2.75) is 12.8 Å². The van der Waals surface area contributed by atoms with Gasteiger partial charge in [0, 0.05) is 17.9 Å². The van der Waals surface area contributed by atoms with Gasteiger partial charge in [-0.3, -0.25) is 5.43 Å². The molecule has 0 aliphatic heterocycles. The molecule has 4 nitrogen and oxygen atoms in total. The fourth-order valence-electron chi connectivity index (χ4n) is 1.36. The number of thiazole rings is 1. The first-order chi connectivity index (χ1) is 8.95. The molecule has 0 bridgehead atoms. The molecule has 3 N–H and O–H groups in total. The number of hydrogen-bond acceptors (Lipinski definition) is 5. The lowest BCUT2D eigenvalue weighted by Crippen LogP contribution is -2.06. The highest BCUT2D eigenvalue weighted by atomic mass is 32.1. The lowest BCUT2D eigenvalue weighted by molar-refractivity contribution is 0.0175. The molecule has 2 rings (SSSR count). The minimum atomic E-state index is -2.83. The third-order valence-corrected chi connectivity index (χ3v) is 3.08. The summed E-state index contributed by atoms with van der Waals surface area (Å²) in [6.07, 6.45) is 1.52. The number of hydrazone groups is 1. The maximum Gasteiger partial charge on any atom is 0.270 e. The maximum absolute atomic E-state index is 13.0. The number of anilines is 2. The van der Waals surface area contributed by atoms with Gasteiger partial charge in [0.15, 0.2) is 0 Å².